The largest absolute Gasteiger partial charge is 0.488 e. The molecule has 0 saturated heterocycles. The summed E-state index contributed by atoms with van der Waals surface area (Å²) in [7, 11) is 0. The molecule has 0 radical (unpaired) electrons. The molecule has 0 aromatic heterocycles. The first-order chi connectivity index (χ1) is 23.5. The first kappa shape index (κ1) is 39.6. The molecule has 1 aromatic rings. The molecule has 2 amide bonds. The predicted molar refractivity (Wildman–Crippen MR) is 197 cm³/mol. The van der Waals surface area contributed by atoms with Gasteiger partial charge in [0.1, 0.15) is 52.0 Å². The van der Waals surface area contributed by atoms with Gasteiger partial charge in [0, 0.05) is 19.5 Å². The monoisotopic (exact) mass is 1080 g/mol. The number of alkyl halides is 2. The molecule has 4 aliphatic rings. The second-order valence-corrected chi connectivity index (χ2v) is 17.0. The van der Waals surface area contributed by atoms with Crippen molar-refractivity contribution < 1.29 is 54.0 Å². The molecule has 270 valence electrons. The standard InChI is InChI=1S/C29H26Br6N4O11/c30-13-1-10(18(41)8-37-26(46)12-7-38-50-29(12)4-16(33)22(43)20(35)25(29)45)2-14(31)23(13)48-9-11(40)6-36-27(47)17-5-28(49-39-17)3-15(32)21(42)19(34)24(28)44/h1-4,7,11-12,18-20,24-25,40-41,44-45H,5-6,8-9H2,(H,36,47)(H,37,46)/t11-,12-,18+,19+,20+,24+,25+,28+,29-/m1/s1. The van der Waals surface area contributed by atoms with E-state index in [1.165, 1.54) is 18.4 Å². The molecule has 0 unspecified atom stereocenters. The molecule has 15 nitrogen and oxygen atoms in total. The van der Waals surface area contributed by atoms with Gasteiger partial charge in [-0.2, -0.15) is 0 Å². The number of amides is 2. The van der Waals surface area contributed by atoms with Gasteiger partial charge in [-0.15, -0.1) is 0 Å². The lowest BCUT2D eigenvalue weighted by Crippen LogP contribution is -2.59. The number of hydrogen-bond donors (Lipinski definition) is 6. The van der Waals surface area contributed by atoms with Crippen molar-refractivity contribution in [2.24, 2.45) is 16.2 Å². The van der Waals surface area contributed by atoms with E-state index >= 15 is 0 Å². The van der Waals surface area contributed by atoms with Gasteiger partial charge in [0.15, 0.2) is 17.2 Å². The lowest BCUT2D eigenvalue weighted by Gasteiger charge is -2.38. The van der Waals surface area contributed by atoms with Crippen molar-refractivity contribution in [3.05, 3.63) is 47.8 Å². The summed E-state index contributed by atoms with van der Waals surface area (Å²) in [5.41, 5.74) is -2.69. The van der Waals surface area contributed by atoms with Crippen LogP contribution in [0.25, 0.3) is 0 Å². The van der Waals surface area contributed by atoms with Gasteiger partial charge >= 0.3 is 0 Å². The first-order valence-electron chi connectivity index (χ1n) is 14.5. The minimum Gasteiger partial charge on any atom is -0.488 e. The first-order valence-corrected chi connectivity index (χ1v) is 19.5. The number of ketones is 2. The van der Waals surface area contributed by atoms with Crippen molar-refractivity contribution in [2.45, 2.75) is 51.7 Å². The Balaban J connectivity index is 1.11. The van der Waals surface area contributed by atoms with Crippen molar-refractivity contribution in [1.82, 2.24) is 10.6 Å². The quantitative estimate of drug-likeness (QED) is 0.186. The highest BCUT2D eigenvalue weighted by Gasteiger charge is 2.58. The fraction of sp³-hybridized carbons (Fsp3) is 0.448. The van der Waals surface area contributed by atoms with Gasteiger partial charge in [-0.25, -0.2) is 0 Å². The van der Waals surface area contributed by atoms with Crippen LogP contribution in [0.15, 0.2) is 52.5 Å². The van der Waals surface area contributed by atoms with Gasteiger partial charge in [-0.05, 0) is 93.6 Å². The van der Waals surface area contributed by atoms with E-state index in [0.717, 1.165) is 0 Å². The number of aliphatic hydroxyl groups is 4. The maximum absolute atomic E-state index is 13.1. The Bertz CT molecular complexity index is 1700. The molecule has 50 heavy (non-hydrogen) atoms. The molecule has 6 N–H and O–H groups in total. The van der Waals surface area contributed by atoms with Crippen LogP contribution < -0.4 is 15.4 Å². The van der Waals surface area contributed by atoms with E-state index in [4.69, 9.17) is 14.4 Å². The molecular formula is C29H26Br6N4O11. The van der Waals surface area contributed by atoms with Gasteiger partial charge in [0.2, 0.25) is 11.5 Å². The molecule has 2 heterocycles. The van der Waals surface area contributed by atoms with Crippen LogP contribution in [0, 0.1) is 5.92 Å². The summed E-state index contributed by atoms with van der Waals surface area (Å²) < 4.78 is 6.86. The summed E-state index contributed by atoms with van der Waals surface area (Å²) in [6.07, 6.45) is -1.28. The maximum atomic E-state index is 13.1. The van der Waals surface area contributed by atoms with Crippen molar-refractivity contribution in [3.63, 3.8) is 0 Å². The number of ether oxygens (including phenoxy) is 1. The second kappa shape index (κ2) is 15.8. The Labute approximate surface area is 334 Å². The van der Waals surface area contributed by atoms with Gasteiger partial charge < -0.3 is 45.5 Å². The maximum Gasteiger partial charge on any atom is 0.269 e. The van der Waals surface area contributed by atoms with Gasteiger partial charge in [0.25, 0.3) is 5.91 Å². The van der Waals surface area contributed by atoms with Crippen LogP contribution in [-0.2, 0) is 28.9 Å². The van der Waals surface area contributed by atoms with Crippen LogP contribution in [0.3, 0.4) is 0 Å². The van der Waals surface area contributed by atoms with Crippen LogP contribution in [-0.4, -0.2) is 115 Å². The van der Waals surface area contributed by atoms with E-state index in [0.29, 0.717) is 14.5 Å². The Kier molecular flexibility index (Phi) is 12.5. The fourth-order valence-electron chi connectivity index (χ4n) is 5.44. The molecule has 1 aromatic carbocycles. The number of carbonyl (C=O) groups is 4. The van der Waals surface area contributed by atoms with Crippen molar-refractivity contribution >= 4 is 131 Å². The Morgan fingerprint density at radius 2 is 1.56 bits per heavy atom. The number of nitrogens with one attached hydrogen (secondary N) is 2. The number of rotatable bonds is 10. The number of benzene rings is 1. The minimum absolute atomic E-state index is 0.0386. The third kappa shape index (κ3) is 7.72. The lowest BCUT2D eigenvalue weighted by molar-refractivity contribution is -0.142. The molecule has 0 fully saturated rings. The number of aliphatic hydroxyl groups excluding tert-OH is 4. The van der Waals surface area contributed by atoms with E-state index in [1.54, 1.807) is 12.1 Å². The number of nitrogens with zero attached hydrogens (tertiary/aromatic N) is 2. The number of oxime groups is 2. The van der Waals surface area contributed by atoms with Crippen molar-refractivity contribution in [3.8, 4) is 5.75 Å². The fourth-order valence-corrected chi connectivity index (χ4v) is 10.1. The molecule has 21 heteroatoms. The Hall–Kier alpha value is -1.56. The molecule has 2 aliphatic carbocycles. The van der Waals surface area contributed by atoms with Crippen LogP contribution in [0.2, 0.25) is 0 Å². The number of Topliss-reactive ketones (excluding diaryl/α,β-unsaturated/α-hetero) is 2. The third-order valence-electron chi connectivity index (χ3n) is 8.23. The summed E-state index contributed by atoms with van der Waals surface area (Å²) in [4.78, 5) is 59.0. The Morgan fingerprint density at radius 1 is 0.940 bits per heavy atom. The average Bonchev–Trinajstić information content (AvgIpc) is 3.71. The van der Waals surface area contributed by atoms with E-state index in [1.807, 2.05) is 0 Å². The zero-order valence-electron chi connectivity index (χ0n) is 25.1. The summed E-state index contributed by atoms with van der Waals surface area (Å²) >= 11 is 19.3. The summed E-state index contributed by atoms with van der Waals surface area (Å²) in [5, 5.41) is 55.4. The third-order valence-corrected chi connectivity index (χ3v) is 12.5. The number of allylic oxidation sites excluding steroid dienone is 2. The van der Waals surface area contributed by atoms with E-state index in [-0.39, 0.29) is 52.3 Å². The lowest BCUT2D eigenvalue weighted by atomic mass is 9.77. The normalized spacial score (nSPS) is 31.4. The highest BCUT2D eigenvalue weighted by Crippen LogP contribution is 2.43. The molecule has 2 aliphatic heterocycles. The van der Waals surface area contributed by atoms with E-state index < -0.39 is 68.8 Å². The second-order valence-electron chi connectivity index (χ2n) is 11.6. The van der Waals surface area contributed by atoms with Crippen molar-refractivity contribution in [2.75, 3.05) is 19.7 Å². The summed E-state index contributed by atoms with van der Waals surface area (Å²) in [6, 6.07) is 3.12. The number of hydrogen-bond acceptors (Lipinski definition) is 13. The molecule has 5 rings (SSSR count). The highest BCUT2D eigenvalue weighted by molar-refractivity contribution is 9.12. The average molecular weight is 1090 g/mol. The van der Waals surface area contributed by atoms with Crippen molar-refractivity contribution in [1.29, 1.82) is 0 Å². The molecule has 9 atom stereocenters. The molecular weight excluding hydrogens is 1060 g/mol. The minimum atomic E-state index is -1.63. The van der Waals surface area contributed by atoms with Gasteiger partial charge in [-0.1, -0.05) is 42.2 Å². The summed E-state index contributed by atoms with van der Waals surface area (Å²) in [5.74, 6) is -2.86. The summed E-state index contributed by atoms with van der Waals surface area (Å²) in [6.45, 7) is -0.687. The number of carbonyl (C=O) groups excluding carboxylic acids is 4. The predicted octanol–water partition coefficient (Wildman–Crippen LogP) is 2.08. The Morgan fingerprint density at radius 3 is 2.22 bits per heavy atom. The van der Waals surface area contributed by atoms with Crippen LogP contribution in [0.5, 0.6) is 5.75 Å². The number of halogens is 6. The van der Waals surface area contributed by atoms with Crippen LogP contribution in [0.4, 0.5) is 0 Å². The van der Waals surface area contributed by atoms with Gasteiger partial charge in [0.05, 0.1) is 30.2 Å². The molecule has 2 spiro atoms. The zero-order valence-corrected chi connectivity index (χ0v) is 34.6. The van der Waals surface area contributed by atoms with Crippen LogP contribution in [0.1, 0.15) is 18.1 Å². The SMILES string of the molecule is O=C(NC[C@@H](O)COc1c(Br)cc([C@@H](O)CNC(=O)[C@H]2C=NO[C@]23C=C(Br)C(=O)[C@H](Br)[C@@H]3O)cc1Br)C1=NO[C@@]2(C=C(Br)C(=O)[C@H](Br)[C@@H]2O)C1. The zero-order chi connectivity index (χ0) is 36.7. The smallest absolute Gasteiger partial charge is 0.269 e. The highest BCUT2D eigenvalue weighted by atomic mass is 79.9. The topological polar surface area (TPSA) is 226 Å². The van der Waals surface area contributed by atoms with Crippen LogP contribution >= 0.6 is 95.6 Å². The molecule has 0 bridgehead atoms. The molecule has 0 saturated carbocycles. The van der Waals surface area contributed by atoms with Gasteiger partial charge in [-0.3, -0.25) is 19.2 Å². The van der Waals surface area contributed by atoms with E-state index in [2.05, 4.69) is 117 Å². The van der Waals surface area contributed by atoms with E-state index in [9.17, 15) is 39.6 Å².